The van der Waals surface area contributed by atoms with Gasteiger partial charge in [0.15, 0.2) is 0 Å². The summed E-state index contributed by atoms with van der Waals surface area (Å²) in [4.78, 5) is 23.4. The number of thioether (sulfide) groups is 1. The first-order chi connectivity index (χ1) is 14.6. The van der Waals surface area contributed by atoms with Gasteiger partial charge in [0, 0.05) is 5.56 Å². The highest BCUT2D eigenvalue weighted by atomic mass is 32.2. The molecule has 1 aliphatic heterocycles. The molecular formula is C26H31NO3S. The molecule has 1 saturated heterocycles. The molecule has 2 amide bonds. The third-order valence-corrected chi connectivity index (χ3v) is 7.68. The normalized spacial score (nSPS) is 21.5. The molecule has 0 radical (unpaired) electrons. The Kier molecular flexibility index (Phi) is 5.67. The van der Waals surface area contributed by atoms with Crippen molar-refractivity contribution in [3.05, 3.63) is 53.1 Å². The topological polar surface area (TPSA) is 55.4 Å². The SMILES string of the molecule is CCOc1cc(CC2SC(=O)NC2=O)ccc1-c1ccc2c(c1)C(C)(C)CCC2(C)C. The lowest BCUT2D eigenvalue weighted by molar-refractivity contribution is -0.118. The van der Waals surface area contributed by atoms with E-state index in [1.807, 2.05) is 19.1 Å². The van der Waals surface area contributed by atoms with Gasteiger partial charge in [-0.25, -0.2) is 0 Å². The van der Waals surface area contributed by atoms with Crippen molar-refractivity contribution in [1.29, 1.82) is 0 Å². The molecule has 1 atom stereocenters. The summed E-state index contributed by atoms with van der Waals surface area (Å²) in [5.74, 6) is 0.610. The number of fused-ring (bicyclic) bond motifs is 1. The van der Waals surface area contributed by atoms with E-state index in [9.17, 15) is 9.59 Å². The zero-order valence-electron chi connectivity index (χ0n) is 19.0. The number of hydrogen-bond acceptors (Lipinski definition) is 4. The van der Waals surface area contributed by atoms with E-state index in [4.69, 9.17) is 4.74 Å². The molecule has 5 heteroatoms. The fourth-order valence-corrected chi connectivity index (χ4v) is 5.56. The summed E-state index contributed by atoms with van der Waals surface area (Å²) in [6.07, 6.45) is 2.88. The van der Waals surface area contributed by atoms with Crippen LogP contribution in [0, 0.1) is 0 Å². The van der Waals surface area contributed by atoms with Crippen molar-refractivity contribution in [2.75, 3.05) is 6.61 Å². The monoisotopic (exact) mass is 437 g/mol. The van der Waals surface area contributed by atoms with Crippen molar-refractivity contribution < 1.29 is 14.3 Å². The van der Waals surface area contributed by atoms with Gasteiger partial charge in [0.05, 0.1) is 11.9 Å². The first-order valence-corrected chi connectivity index (χ1v) is 11.9. The number of benzene rings is 2. The number of carbonyl (C=O) groups is 2. The summed E-state index contributed by atoms with van der Waals surface area (Å²) in [6, 6.07) is 13.0. The summed E-state index contributed by atoms with van der Waals surface area (Å²) in [5.41, 5.74) is 6.41. The van der Waals surface area contributed by atoms with Crippen molar-refractivity contribution >= 4 is 22.9 Å². The minimum Gasteiger partial charge on any atom is -0.493 e. The lowest BCUT2D eigenvalue weighted by Gasteiger charge is -2.42. The molecule has 1 N–H and O–H groups in total. The molecule has 0 aromatic heterocycles. The van der Waals surface area contributed by atoms with Crippen molar-refractivity contribution in [1.82, 2.24) is 5.32 Å². The molecule has 0 spiro atoms. The van der Waals surface area contributed by atoms with E-state index < -0.39 is 0 Å². The summed E-state index contributed by atoms with van der Waals surface area (Å²) in [6.45, 7) is 11.9. The fraction of sp³-hybridized carbons (Fsp3) is 0.462. The van der Waals surface area contributed by atoms with E-state index in [0.29, 0.717) is 13.0 Å². The van der Waals surface area contributed by atoms with Gasteiger partial charge in [0.1, 0.15) is 5.75 Å². The van der Waals surface area contributed by atoms with Gasteiger partial charge >= 0.3 is 0 Å². The van der Waals surface area contributed by atoms with Crippen LogP contribution in [0.25, 0.3) is 11.1 Å². The Bertz CT molecular complexity index is 1040. The Labute approximate surface area is 189 Å². The lowest BCUT2D eigenvalue weighted by Crippen LogP contribution is -2.33. The molecule has 1 heterocycles. The van der Waals surface area contributed by atoms with Gasteiger partial charge in [0.25, 0.3) is 5.24 Å². The Balaban J connectivity index is 1.71. The van der Waals surface area contributed by atoms with Crippen molar-refractivity contribution in [3.8, 4) is 16.9 Å². The number of carbonyl (C=O) groups excluding carboxylic acids is 2. The maximum atomic E-state index is 12.0. The maximum Gasteiger partial charge on any atom is 0.286 e. The zero-order chi connectivity index (χ0) is 22.4. The molecule has 1 fully saturated rings. The van der Waals surface area contributed by atoms with Gasteiger partial charge in [-0.2, -0.15) is 0 Å². The Morgan fingerprint density at radius 1 is 1.00 bits per heavy atom. The molecule has 2 aromatic rings. The number of rotatable bonds is 5. The van der Waals surface area contributed by atoms with Crippen molar-refractivity contribution in [2.45, 2.75) is 70.0 Å². The van der Waals surface area contributed by atoms with Crippen LogP contribution in [0.15, 0.2) is 36.4 Å². The Morgan fingerprint density at radius 3 is 2.35 bits per heavy atom. The smallest absolute Gasteiger partial charge is 0.286 e. The second kappa shape index (κ2) is 8.01. The van der Waals surface area contributed by atoms with Crippen LogP contribution in [0.5, 0.6) is 5.75 Å². The van der Waals surface area contributed by atoms with Crippen molar-refractivity contribution in [2.24, 2.45) is 0 Å². The summed E-state index contributed by atoms with van der Waals surface area (Å²) >= 11 is 1.06. The highest BCUT2D eigenvalue weighted by molar-refractivity contribution is 8.15. The molecule has 0 bridgehead atoms. The molecule has 4 rings (SSSR count). The fourth-order valence-electron chi connectivity index (χ4n) is 4.71. The average molecular weight is 438 g/mol. The van der Waals surface area contributed by atoms with E-state index >= 15 is 0 Å². The number of amides is 2. The van der Waals surface area contributed by atoms with Crippen LogP contribution in [0.1, 0.15) is 64.2 Å². The van der Waals surface area contributed by atoms with E-state index in [2.05, 4.69) is 57.3 Å². The first-order valence-electron chi connectivity index (χ1n) is 11.0. The van der Waals surface area contributed by atoms with Gasteiger partial charge in [-0.3, -0.25) is 14.9 Å². The number of nitrogens with one attached hydrogen (secondary N) is 1. The molecule has 31 heavy (non-hydrogen) atoms. The van der Waals surface area contributed by atoms with Crippen LogP contribution >= 0.6 is 11.8 Å². The van der Waals surface area contributed by atoms with Gasteiger partial charge in [-0.15, -0.1) is 0 Å². The Hall–Kier alpha value is -2.27. The van der Waals surface area contributed by atoms with Crippen LogP contribution in [-0.4, -0.2) is 23.0 Å². The van der Waals surface area contributed by atoms with Gasteiger partial charge < -0.3 is 4.74 Å². The minimum absolute atomic E-state index is 0.145. The minimum atomic E-state index is -0.375. The summed E-state index contributed by atoms with van der Waals surface area (Å²) in [5, 5.41) is 1.72. The third-order valence-electron chi connectivity index (χ3n) is 6.70. The zero-order valence-corrected chi connectivity index (χ0v) is 19.8. The maximum absolute atomic E-state index is 12.0. The molecule has 1 unspecified atom stereocenters. The Morgan fingerprint density at radius 2 is 1.71 bits per heavy atom. The van der Waals surface area contributed by atoms with E-state index in [-0.39, 0.29) is 27.2 Å². The number of hydrogen-bond donors (Lipinski definition) is 1. The van der Waals surface area contributed by atoms with E-state index in [1.165, 1.54) is 24.0 Å². The van der Waals surface area contributed by atoms with Crippen LogP contribution < -0.4 is 10.1 Å². The van der Waals surface area contributed by atoms with Crippen LogP contribution in [-0.2, 0) is 22.0 Å². The van der Waals surface area contributed by atoms with Gasteiger partial charge in [-0.1, -0.05) is 69.8 Å². The molecule has 2 aromatic carbocycles. The average Bonchev–Trinajstić information content (AvgIpc) is 3.02. The third kappa shape index (κ3) is 4.25. The molecule has 164 valence electrons. The summed E-state index contributed by atoms with van der Waals surface area (Å²) < 4.78 is 6.01. The predicted molar refractivity (Wildman–Crippen MR) is 127 cm³/mol. The molecule has 2 aliphatic rings. The first kappa shape index (κ1) is 21.9. The standard InChI is InChI=1S/C26H31NO3S/c1-6-30-21-13-16(14-22-23(28)27-24(29)31-22)7-9-18(21)17-8-10-19-20(15-17)26(4,5)12-11-25(19,2)3/h7-10,13,15,22H,6,11-12,14H2,1-5H3,(H,27,28,29). The molecular weight excluding hydrogens is 406 g/mol. The van der Waals surface area contributed by atoms with Crippen molar-refractivity contribution in [3.63, 3.8) is 0 Å². The van der Waals surface area contributed by atoms with E-state index in [0.717, 1.165) is 34.2 Å². The highest BCUT2D eigenvalue weighted by Crippen LogP contribution is 2.47. The largest absolute Gasteiger partial charge is 0.493 e. The second-order valence-electron chi connectivity index (χ2n) is 9.88. The summed E-state index contributed by atoms with van der Waals surface area (Å²) in [7, 11) is 0. The van der Waals surface area contributed by atoms with Crippen LogP contribution in [0.4, 0.5) is 4.79 Å². The number of imide groups is 1. The molecule has 0 saturated carbocycles. The van der Waals surface area contributed by atoms with Gasteiger partial charge in [-0.05, 0) is 65.3 Å². The van der Waals surface area contributed by atoms with E-state index in [1.54, 1.807) is 0 Å². The predicted octanol–water partition coefficient (Wildman–Crippen LogP) is 6.00. The van der Waals surface area contributed by atoms with Crippen LogP contribution in [0.3, 0.4) is 0 Å². The molecule has 4 nitrogen and oxygen atoms in total. The quantitative estimate of drug-likeness (QED) is 0.624. The number of ether oxygens (including phenoxy) is 1. The molecule has 1 aliphatic carbocycles. The second-order valence-corrected chi connectivity index (χ2v) is 11.1. The highest BCUT2D eigenvalue weighted by Gasteiger charge is 2.37. The van der Waals surface area contributed by atoms with Crippen LogP contribution in [0.2, 0.25) is 0 Å². The van der Waals surface area contributed by atoms with Gasteiger partial charge in [0.2, 0.25) is 5.91 Å². The lowest BCUT2D eigenvalue weighted by atomic mass is 9.63.